The first-order valence-electron chi connectivity index (χ1n) is 8.89. The van der Waals surface area contributed by atoms with Crippen molar-refractivity contribution in [1.82, 2.24) is 20.5 Å². The highest BCUT2D eigenvalue weighted by Crippen LogP contribution is 2.30. The molecule has 25 heavy (non-hydrogen) atoms. The molecule has 6 heteroatoms. The average Bonchev–Trinajstić information content (AvgIpc) is 2.94. The molecule has 3 rings (SSSR count). The van der Waals surface area contributed by atoms with E-state index in [9.17, 15) is 4.79 Å². The third kappa shape index (κ3) is 3.18. The molecule has 0 fully saturated rings. The summed E-state index contributed by atoms with van der Waals surface area (Å²) in [6, 6.07) is 6.13. The lowest BCUT2D eigenvalue weighted by molar-refractivity contribution is -0.133. The number of amides is 1. The fourth-order valence-electron chi connectivity index (χ4n) is 3.58. The monoisotopic (exact) mass is 336 g/mol. The van der Waals surface area contributed by atoms with Gasteiger partial charge in [0.15, 0.2) is 0 Å². The molecule has 2 radical (unpaired) electrons. The van der Waals surface area contributed by atoms with Gasteiger partial charge in [-0.2, -0.15) is 0 Å². The van der Waals surface area contributed by atoms with Crippen LogP contribution in [0, 0.1) is 5.92 Å². The summed E-state index contributed by atoms with van der Waals surface area (Å²) in [6.45, 7) is 6.75. The second-order valence-electron chi connectivity index (χ2n) is 6.35. The maximum atomic E-state index is 12.8. The summed E-state index contributed by atoms with van der Waals surface area (Å²) in [5, 5.41) is 7.74. The molecule has 1 aliphatic rings. The van der Waals surface area contributed by atoms with Crippen molar-refractivity contribution in [3.05, 3.63) is 35.4 Å². The summed E-state index contributed by atoms with van der Waals surface area (Å²) >= 11 is 0. The largest absolute Gasteiger partial charge is 0.381 e. The Morgan fingerprint density at radius 2 is 2.16 bits per heavy atom. The molecule has 3 N–H and O–H groups in total. The summed E-state index contributed by atoms with van der Waals surface area (Å²) in [6.07, 6.45) is 2.05. The summed E-state index contributed by atoms with van der Waals surface area (Å²) < 4.78 is 0. The number of carbonyl (C=O) groups is 1. The molecule has 0 bridgehead atoms. The average molecular weight is 336 g/mol. The number of hydrogen-bond donors (Lipinski definition) is 3. The molecule has 5 nitrogen and oxygen atoms in total. The third-order valence-corrected chi connectivity index (χ3v) is 4.89. The van der Waals surface area contributed by atoms with Gasteiger partial charge in [0.1, 0.15) is 7.85 Å². The molecule has 2 heterocycles. The quantitative estimate of drug-likeness (QED) is 0.693. The van der Waals surface area contributed by atoms with Crippen molar-refractivity contribution in [2.75, 3.05) is 26.7 Å². The smallest absolute Gasteiger partial charge is 0.230 e. The van der Waals surface area contributed by atoms with Gasteiger partial charge in [-0.1, -0.05) is 12.1 Å². The molecule has 1 aromatic carbocycles. The van der Waals surface area contributed by atoms with Gasteiger partial charge in [0, 0.05) is 48.3 Å². The van der Waals surface area contributed by atoms with Crippen LogP contribution in [0.25, 0.3) is 16.6 Å². The van der Waals surface area contributed by atoms with E-state index in [1.165, 1.54) is 0 Å². The second kappa shape index (κ2) is 7.36. The van der Waals surface area contributed by atoms with E-state index in [2.05, 4.69) is 27.8 Å². The minimum Gasteiger partial charge on any atom is -0.381 e. The van der Waals surface area contributed by atoms with Gasteiger partial charge in [0.2, 0.25) is 5.91 Å². The predicted octanol–water partition coefficient (Wildman–Crippen LogP) is 1.11. The van der Waals surface area contributed by atoms with Gasteiger partial charge >= 0.3 is 0 Å². The maximum Gasteiger partial charge on any atom is 0.230 e. The van der Waals surface area contributed by atoms with E-state index in [0.29, 0.717) is 18.7 Å². The summed E-state index contributed by atoms with van der Waals surface area (Å²) in [5.41, 5.74) is 4.94. The van der Waals surface area contributed by atoms with Gasteiger partial charge < -0.3 is 20.5 Å². The Kier molecular flexibility index (Phi) is 5.18. The zero-order valence-corrected chi connectivity index (χ0v) is 15.1. The minimum atomic E-state index is -0.208. The van der Waals surface area contributed by atoms with Crippen LogP contribution in [-0.2, 0) is 11.3 Å². The van der Waals surface area contributed by atoms with Crippen LogP contribution in [0.3, 0.4) is 0 Å². The van der Waals surface area contributed by atoms with Gasteiger partial charge in [0.25, 0.3) is 0 Å². The van der Waals surface area contributed by atoms with Crippen LogP contribution >= 0.6 is 0 Å². The normalized spacial score (nSPS) is 16.0. The Bertz CT molecular complexity index is 807. The summed E-state index contributed by atoms with van der Waals surface area (Å²) in [7, 11) is 7.98. The number of nitrogens with one attached hydrogen (secondary N) is 3. The second-order valence-corrected chi connectivity index (χ2v) is 6.35. The first-order valence-corrected chi connectivity index (χ1v) is 8.89. The first-order chi connectivity index (χ1) is 12.1. The fraction of sp³-hybridized carbons (Fsp3) is 0.421. The Labute approximate surface area is 150 Å². The number of nitrogens with zero attached hydrogens (tertiary/aromatic N) is 1. The van der Waals surface area contributed by atoms with E-state index in [0.717, 1.165) is 40.8 Å². The van der Waals surface area contributed by atoms with Crippen molar-refractivity contribution >= 4 is 35.9 Å². The highest BCUT2D eigenvalue weighted by molar-refractivity contribution is 6.34. The third-order valence-electron chi connectivity index (χ3n) is 4.89. The molecular weight excluding hydrogens is 311 g/mol. The SMILES string of the molecule is [B]c1[nH]c2cccc3c2c1CN/C3=C\C(CNC)C(=O)N(CC)CC. The van der Waals surface area contributed by atoms with E-state index >= 15 is 0 Å². The van der Waals surface area contributed by atoms with E-state index in [1.54, 1.807) is 0 Å². The van der Waals surface area contributed by atoms with Gasteiger partial charge in [-0.05, 0) is 44.2 Å². The number of carbonyl (C=O) groups excluding carboxylic acids is 1. The van der Waals surface area contributed by atoms with Crippen molar-refractivity contribution in [3.63, 3.8) is 0 Å². The lowest BCUT2D eigenvalue weighted by Crippen LogP contribution is -2.39. The maximum absolute atomic E-state index is 12.8. The molecule has 1 atom stereocenters. The van der Waals surface area contributed by atoms with Crippen molar-refractivity contribution in [2.24, 2.45) is 5.92 Å². The number of aromatic amines is 1. The lowest BCUT2D eigenvalue weighted by atomic mass is 9.91. The van der Waals surface area contributed by atoms with Crippen molar-refractivity contribution < 1.29 is 4.79 Å². The number of aromatic nitrogens is 1. The van der Waals surface area contributed by atoms with Gasteiger partial charge in [0.05, 0.1) is 5.92 Å². The highest BCUT2D eigenvalue weighted by atomic mass is 16.2. The Hall–Kier alpha value is -2.21. The van der Waals surface area contributed by atoms with Crippen LogP contribution < -0.4 is 16.2 Å². The van der Waals surface area contributed by atoms with Crippen molar-refractivity contribution in [2.45, 2.75) is 20.4 Å². The lowest BCUT2D eigenvalue weighted by Gasteiger charge is -2.26. The molecule has 1 unspecified atom stereocenters. The minimum absolute atomic E-state index is 0.153. The molecular formula is C19H25BN4O. The molecule has 130 valence electrons. The summed E-state index contributed by atoms with van der Waals surface area (Å²) in [4.78, 5) is 18.0. The predicted molar refractivity (Wildman–Crippen MR) is 104 cm³/mol. The number of hydrogen-bond acceptors (Lipinski definition) is 3. The van der Waals surface area contributed by atoms with Crippen molar-refractivity contribution in [1.29, 1.82) is 0 Å². The van der Waals surface area contributed by atoms with Crippen LogP contribution in [0.15, 0.2) is 24.3 Å². The molecule has 0 aliphatic carbocycles. The van der Waals surface area contributed by atoms with E-state index < -0.39 is 0 Å². The Morgan fingerprint density at radius 1 is 1.40 bits per heavy atom. The van der Waals surface area contributed by atoms with Crippen LogP contribution in [0.2, 0.25) is 0 Å². The highest BCUT2D eigenvalue weighted by Gasteiger charge is 2.24. The Morgan fingerprint density at radius 3 is 2.84 bits per heavy atom. The van der Waals surface area contributed by atoms with Crippen LogP contribution in [0.4, 0.5) is 0 Å². The van der Waals surface area contributed by atoms with Crippen LogP contribution in [-0.4, -0.2) is 50.3 Å². The molecule has 0 saturated carbocycles. The molecule has 0 saturated heterocycles. The molecule has 0 spiro atoms. The molecule has 2 aromatic rings. The fourth-order valence-corrected chi connectivity index (χ4v) is 3.58. The number of H-pyrrole nitrogens is 1. The van der Waals surface area contributed by atoms with Crippen LogP contribution in [0.5, 0.6) is 0 Å². The standard InChI is InChI=1S/C19H25BN4O/c1-4-24(5-2)19(25)12(10-21-3)9-16-13-7-6-8-15-17(13)14(11-22-16)18(20)23-15/h6-9,12,21-23H,4-5,10-11H2,1-3H3/b16-9-. The van der Waals surface area contributed by atoms with Gasteiger partial charge in [-0.3, -0.25) is 4.79 Å². The topological polar surface area (TPSA) is 60.2 Å². The van der Waals surface area contributed by atoms with Crippen LogP contribution in [0.1, 0.15) is 25.0 Å². The van der Waals surface area contributed by atoms with Crippen molar-refractivity contribution in [3.8, 4) is 0 Å². The molecule has 1 amide bonds. The number of rotatable bonds is 6. The number of benzene rings is 1. The van der Waals surface area contributed by atoms with Gasteiger partial charge in [-0.15, -0.1) is 0 Å². The zero-order valence-electron chi connectivity index (χ0n) is 15.1. The molecule has 1 aliphatic heterocycles. The van der Waals surface area contributed by atoms with Gasteiger partial charge in [-0.25, -0.2) is 0 Å². The van der Waals surface area contributed by atoms with E-state index in [4.69, 9.17) is 7.85 Å². The molecule has 1 aromatic heterocycles. The Balaban J connectivity index is 2.02. The first kappa shape index (κ1) is 17.6. The zero-order chi connectivity index (χ0) is 18.0. The van der Waals surface area contributed by atoms with E-state index in [-0.39, 0.29) is 11.8 Å². The summed E-state index contributed by atoms with van der Waals surface area (Å²) in [5.74, 6) is -0.0549. The van der Waals surface area contributed by atoms with E-state index in [1.807, 2.05) is 37.9 Å².